The van der Waals surface area contributed by atoms with Gasteiger partial charge in [-0.1, -0.05) is 38.1 Å². The van der Waals surface area contributed by atoms with Crippen molar-refractivity contribution in [3.8, 4) is 0 Å². The SMILES string of the molecule is C=C1C(C)(C)[C@@H]2CC[C@@]1(C(=O)Nc1cccc(C)c1C)C2. The van der Waals surface area contributed by atoms with Gasteiger partial charge in [-0.3, -0.25) is 4.79 Å². The van der Waals surface area contributed by atoms with Gasteiger partial charge in [-0.25, -0.2) is 0 Å². The molecular weight excluding hydrogens is 258 g/mol. The number of carbonyl (C=O) groups is 1. The van der Waals surface area contributed by atoms with Crippen LogP contribution < -0.4 is 5.32 Å². The average molecular weight is 283 g/mol. The summed E-state index contributed by atoms with van der Waals surface area (Å²) >= 11 is 0. The minimum absolute atomic E-state index is 0.0945. The average Bonchev–Trinajstić information content (AvgIpc) is 2.96. The predicted octanol–water partition coefficient (Wildman–Crippen LogP) is 4.62. The number of amides is 1. The van der Waals surface area contributed by atoms with E-state index in [4.69, 9.17) is 0 Å². The number of hydrogen-bond acceptors (Lipinski definition) is 1. The van der Waals surface area contributed by atoms with Crippen molar-refractivity contribution >= 4 is 11.6 Å². The smallest absolute Gasteiger partial charge is 0.234 e. The highest BCUT2D eigenvalue weighted by Gasteiger charge is 2.60. The van der Waals surface area contributed by atoms with Crippen LogP contribution in [0.4, 0.5) is 5.69 Å². The summed E-state index contributed by atoms with van der Waals surface area (Å²) in [5.41, 5.74) is 4.19. The van der Waals surface area contributed by atoms with Crippen LogP contribution in [0.5, 0.6) is 0 Å². The van der Waals surface area contributed by atoms with E-state index < -0.39 is 0 Å². The largest absolute Gasteiger partial charge is 0.325 e. The summed E-state index contributed by atoms with van der Waals surface area (Å²) in [5, 5.41) is 3.18. The highest BCUT2D eigenvalue weighted by Crippen LogP contribution is 2.65. The van der Waals surface area contributed by atoms with Crippen LogP contribution in [0, 0.1) is 30.6 Å². The Bertz CT molecular complexity index is 628. The maximum atomic E-state index is 13.0. The second-order valence-corrected chi connectivity index (χ2v) is 7.42. The fourth-order valence-electron chi connectivity index (χ4n) is 4.27. The van der Waals surface area contributed by atoms with E-state index in [9.17, 15) is 4.79 Å². The van der Waals surface area contributed by atoms with Gasteiger partial charge in [0.2, 0.25) is 5.91 Å². The van der Waals surface area contributed by atoms with Crippen molar-refractivity contribution in [3.05, 3.63) is 41.5 Å². The lowest BCUT2D eigenvalue weighted by atomic mass is 9.68. The number of anilines is 1. The lowest BCUT2D eigenvalue weighted by Gasteiger charge is -2.37. The van der Waals surface area contributed by atoms with Gasteiger partial charge in [0.05, 0.1) is 5.41 Å². The summed E-state index contributed by atoms with van der Waals surface area (Å²) in [6, 6.07) is 6.07. The zero-order chi connectivity index (χ0) is 15.4. The highest BCUT2D eigenvalue weighted by atomic mass is 16.2. The van der Waals surface area contributed by atoms with Crippen molar-refractivity contribution in [1.29, 1.82) is 0 Å². The van der Waals surface area contributed by atoms with Crippen molar-refractivity contribution in [1.82, 2.24) is 0 Å². The molecule has 0 saturated heterocycles. The third-order valence-corrected chi connectivity index (χ3v) is 6.18. The first-order valence-corrected chi connectivity index (χ1v) is 7.86. The van der Waals surface area contributed by atoms with E-state index in [1.165, 1.54) is 5.56 Å². The van der Waals surface area contributed by atoms with Gasteiger partial charge in [0.25, 0.3) is 0 Å². The fraction of sp³-hybridized carbons (Fsp3) is 0.526. The first-order chi connectivity index (χ1) is 9.79. The van der Waals surface area contributed by atoms with Gasteiger partial charge in [-0.15, -0.1) is 0 Å². The molecule has 2 saturated carbocycles. The van der Waals surface area contributed by atoms with E-state index in [1.807, 2.05) is 12.1 Å². The Morgan fingerprint density at radius 1 is 1.33 bits per heavy atom. The quantitative estimate of drug-likeness (QED) is 0.788. The van der Waals surface area contributed by atoms with Gasteiger partial charge in [0, 0.05) is 5.69 Å². The molecule has 1 aromatic carbocycles. The van der Waals surface area contributed by atoms with Crippen LogP contribution in [-0.4, -0.2) is 5.91 Å². The number of fused-ring (bicyclic) bond motifs is 2. The maximum Gasteiger partial charge on any atom is 0.234 e. The molecule has 0 aliphatic heterocycles. The second kappa shape index (κ2) is 4.46. The zero-order valence-corrected chi connectivity index (χ0v) is 13.5. The van der Waals surface area contributed by atoms with Crippen molar-refractivity contribution in [2.75, 3.05) is 5.32 Å². The molecule has 1 amide bonds. The number of benzene rings is 1. The number of hydrogen-bond donors (Lipinski definition) is 1. The highest BCUT2D eigenvalue weighted by molar-refractivity contribution is 5.99. The van der Waals surface area contributed by atoms with Gasteiger partial charge >= 0.3 is 0 Å². The number of aryl methyl sites for hydroxylation is 1. The molecule has 0 heterocycles. The molecule has 2 aliphatic rings. The van der Waals surface area contributed by atoms with Crippen molar-refractivity contribution < 1.29 is 4.79 Å². The van der Waals surface area contributed by atoms with E-state index in [0.29, 0.717) is 5.92 Å². The van der Waals surface area contributed by atoms with Crippen LogP contribution in [0.15, 0.2) is 30.4 Å². The molecular formula is C19H25NO. The normalized spacial score (nSPS) is 29.7. The molecule has 2 bridgehead atoms. The second-order valence-electron chi connectivity index (χ2n) is 7.42. The van der Waals surface area contributed by atoms with Crippen molar-refractivity contribution in [2.45, 2.75) is 47.0 Å². The minimum Gasteiger partial charge on any atom is -0.325 e. The maximum absolute atomic E-state index is 13.0. The molecule has 2 nitrogen and oxygen atoms in total. The summed E-state index contributed by atoms with van der Waals surface area (Å²) in [6.07, 6.45) is 3.07. The summed E-state index contributed by atoms with van der Waals surface area (Å²) in [7, 11) is 0. The molecule has 0 spiro atoms. The molecule has 2 aliphatic carbocycles. The van der Waals surface area contributed by atoms with Gasteiger partial charge in [0.1, 0.15) is 0 Å². The molecule has 112 valence electrons. The van der Waals surface area contributed by atoms with E-state index in [2.05, 4.69) is 45.7 Å². The van der Waals surface area contributed by atoms with E-state index >= 15 is 0 Å². The third kappa shape index (κ3) is 1.88. The van der Waals surface area contributed by atoms with Crippen LogP contribution in [-0.2, 0) is 4.79 Å². The fourth-order valence-corrected chi connectivity index (χ4v) is 4.27. The van der Waals surface area contributed by atoms with Gasteiger partial charge in [-0.05, 0) is 61.6 Å². The van der Waals surface area contributed by atoms with Gasteiger partial charge in [-0.2, -0.15) is 0 Å². The molecule has 0 unspecified atom stereocenters. The van der Waals surface area contributed by atoms with Crippen LogP contribution in [0.3, 0.4) is 0 Å². The van der Waals surface area contributed by atoms with Crippen molar-refractivity contribution in [2.24, 2.45) is 16.7 Å². The Kier molecular flexibility index (Phi) is 3.05. The molecule has 1 N–H and O–H groups in total. The lowest BCUT2D eigenvalue weighted by molar-refractivity contribution is -0.123. The summed E-state index contributed by atoms with van der Waals surface area (Å²) in [5.74, 6) is 0.753. The first-order valence-electron chi connectivity index (χ1n) is 7.86. The molecule has 1 aromatic rings. The molecule has 0 aromatic heterocycles. The summed E-state index contributed by atoms with van der Waals surface area (Å²) in [6.45, 7) is 12.9. The van der Waals surface area contributed by atoms with Crippen molar-refractivity contribution in [3.63, 3.8) is 0 Å². The Morgan fingerprint density at radius 2 is 2.05 bits per heavy atom. The van der Waals surface area contributed by atoms with Crippen LogP contribution in [0.25, 0.3) is 0 Å². The minimum atomic E-state index is -0.343. The molecule has 21 heavy (non-hydrogen) atoms. The number of carbonyl (C=O) groups excluding carboxylic acids is 1. The van der Waals surface area contributed by atoms with Gasteiger partial charge in [0.15, 0.2) is 0 Å². The summed E-state index contributed by atoms with van der Waals surface area (Å²) in [4.78, 5) is 13.0. The zero-order valence-electron chi connectivity index (χ0n) is 13.5. The summed E-state index contributed by atoms with van der Waals surface area (Å²) < 4.78 is 0. The number of rotatable bonds is 2. The van der Waals surface area contributed by atoms with Crippen LogP contribution in [0.1, 0.15) is 44.2 Å². The molecule has 2 heteroatoms. The topological polar surface area (TPSA) is 29.1 Å². The van der Waals surface area contributed by atoms with Crippen LogP contribution >= 0.6 is 0 Å². The Balaban J connectivity index is 1.90. The van der Waals surface area contributed by atoms with E-state index in [1.54, 1.807) is 0 Å². The Morgan fingerprint density at radius 3 is 2.67 bits per heavy atom. The van der Waals surface area contributed by atoms with Gasteiger partial charge < -0.3 is 5.32 Å². The molecule has 2 fully saturated rings. The lowest BCUT2D eigenvalue weighted by Crippen LogP contribution is -2.37. The molecule has 2 atom stereocenters. The van der Waals surface area contributed by atoms with E-state index in [0.717, 1.165) is 36.1 Å². The predicted molar refractivity (Wildman–Crippen MR) is 87.2 cm³/mol. The monoisotopic (exact) mass is 283 g/mol. The first kappa shape index (κ1) is 14.4. The molecule has 3 rings (SSSR count). The van der Waals surface area contributed by atoms with Crippen LogP contribution in [0.2, 0.25) is 0 Å². The molecule has 0 radical (unpaired) electrons. The Hall–Kier alpha value is -1.57. The van der Waals surface area contributed by atoms with E-state index in [-0.39, 0.29) is 16.7 Å². The number of nitrogens with one attached hydrogen (secondary N) is 1. The standard InChI is InChI=1S/C19H25NO/c1-12-7-6-8-16(13(12)2)20-17(21)19-10-9-15(11-19)18(4,5)14(19)3/h6-8,15H,3,9-11H2,1-2,4-5H3,(H,20,21)/t15-,19-/m1/s1. The Labute approximate surface area is 127 Å². The third-order valence-electron chi connectivity index (χ3n) is 6.18.